The molecule has 1 heterocycles. The number of halogens is 1. The number of nitrogens with one attached hydrogen (secondary N) is 1. The van der Waals surface area contributed by atoms with Crippen LogP contribution in [0.25, 0.3) is 0 Å². The van der Waals surface area contributed by atoms with E-state index in [9.17, 15) is 4.79 Å². The van der Waals surface area contributed by atoms with Crippen LogP contribution in [0.1, 0.15) is 51.5 Å². The molecule has 6 heteroatoms. The highest BCUT2D eigenvalue weighted by Crippen LogP contribution is 2.40. The molecule has 3 atom stereocenters. The van der Waals surface area contributed by atoms with Gasteiger partial charge in [0.05, 0.1) is 12.2 Å². The molecule has 118 valence electrons. The molecule has 0 radical (unpaired) electrons. The van der Waals surface area contributed by atoms with Gasteiger partial charge in [0.2, 0.25) is 5.91 Å². The van der Waals surface area contributed by atoms with Crippen molar-refractivity contribution in [2.45, 2.75) is 57.5 Å². The Morgan fingerprint density at radius 1 is 1.43 bits per heavy atom. The fraction of sp³-hybridized carbons (Fsp3) is 0.733. The van der Waals surface area contributed by atoms with Crippen molar-refractivity contribution in [2.75, 3.05) is 5.32 Å². The second-order valence-corrected chi connectivity index (χ2v) is 6.35. The highest BCUT2D eigenvalue weighted by Gasteiger charge is 2.31. The molecule has 3 rings (SSSR count). The molecule has 2 aliphatic carbocycles. The quantitative estimate of drug-likeness (QED) is 0.898. The van der Waals surface area contributed by atoms with Gasteiger partial charge in [0, 0.05) is 18.0 Å². The number of hydrogen-bond donors (Lipinski definition) is 2. The van der Waals surface area contributed by atoms with Gasteiger partial charge in [-0.25, -0.2) is 4.68 Å². The van der Waals surface area contributed by atoms with E-state index in [1.54, 1.807) is 6.20 Å². The largest absolute Gasteiger partial charge is 0.328 e. The lowest BCUT2D eigenvalue weighted by Crippen LogP contribution is -2.34. The molecule has 1 amide bonds. The highest BCUT2D eigenvalue weighted by molar-refractivity contribution is 5.91. The summed E-state index contributed by atoms with van der Waals surface area (Å²) in [6.45, 7) is 2.18. The van der Waals surface area contributed by atoms with Gasteiger partial charge in [-0.3, -0.25) is 4.79 Å². The summed E-state index contributed by atoms with van der Waals surface area (Å²) in [6.07, 6.45) is 8.15. The molecule has 5 nitrogen and oxygen atoms in total. The van der Waals surface area contributed by atoms with Gasteiger partial charge in [-0.15, -0.1) is 12.4 Å². The van der Waals surface area contributed by atoms with Crippen LogP contribution in [-0.2, 0) is 4.79 Å². The molecule has 21 heavy (non-hydrogen) atoms. The summed E-state index contributed by atoms with van der Waals surface area (Å²) in [4.78, 5) is 12.4. The third-order valence-electron chi connectivity index (χ3n) is 4.70. The smallest absolute Gasteiger partial charge is 0.228 e. The van der Waals surface area contributed by atoms with Gasteiger partial charge in [0.15, 0.2) is 0 Å². The van der Waals surface area contributed by atoms with E-state index in [-0.39, 0.29) is 30.3 Å². The average Bonchev–Trinajstić information content (AvgIpc) is 3.18. The Morgan fingerprint density at radius 2 is 2.19 bits per heavy atom. The second-order valence-electron chi connectivity index (χ2n) is 6.35. The fourth-order valence-electron chi connectivity index (χ4n) is 3.21. The predicted molar refractivity (Wildman–Crippen MR) is 85.5 cm³/mol. The topological polar surface area (TPSA) is 72.9 Å². The van der Waals surface area contributed by atoms with Gasteiger partial charge in [0.1, 0.15) is 5.82 Å². The lowest BCUT2D eigenvalue weighted by molar-refractivity contribution is -0.120. The normalized spacial score (nSPS) is 26.8. The summed E-state index contributed by atoms with van der Waals surface area (Å²) in [5.74, 6) is 1.70. The van der Waals surface area contributed by atoms with Gasteiger partial charge >= 0.3 is 0 Å². The lowest BCUT2D eigenvalue weighted by Gasteiger charge is -2.26. The third-order valence-corrected chi connectivity index (χ3v) is 4.70. The lowest BCUT2D eigenvalue weighted by atomic mass is 9.85. The molecular weight excluding hydrogens is 288 g/mol. The van der Waals surface area contributed by atoms with Crippen LogP contribution in [0.4, 0.5) is 5.82 Å². The molecule has 0 saturated heterocycles. The van der Waals surface area contributed by atoms with Crippen LogP contribution < -0.4 is 11.1 Å². The SMILES string of the molecule is CC(C1CC1)n1nccc1NC(=O)C1CCCC(N)C1.Cl. The first kappa shape index (κ1) is 16.3. The Morgan fingerprint density at radius 3 is 2.86 bits per heavy atom. The van der Waals surface area contributed by atoms with Crippen LogP contribution in [0.2, 0.25) is 0 Å². The van der Waals surface area contributed by atoms with Crippen LogP contribution in [0.3, 0.4) is 0 Å². The van der Waals surface area contributed by atoms with E-state index in [2.05, 4.69) is 17.3 Å². The molecule has 2 fully saturated rings. The maximum Gasteiger partial charge on any atom is 0.228 e. The van der Waals surface area contributed by atoms with E-state index in [0.29, 0.717) is 12.0 Å². The fourth-order valence-corrected chi connectivity index (χ4v) is 3.21. The van der Waals surface area contributed by atoms with Crippen molar-refractivity contribution in [1.82, 2.24) is 9.78 Å². The van der Waals surface area contributed by atoms with Gasteiger partial charge < -0.3 is 11.1 Å². The van der Waals surface area contributed by atoms with Gasteiger partial charge in [-0.1, -0.05) is 6.42 Å². The van der Waals surface area contributed by atoms with E-state index in [4.69, 9.17) is 5.73 Å². The first-order valence-corrected chi connectivity index (χ1v) is 7.75. The summed E-state index contributed by atoms with van der Waals surface area (Å²) in [5.41, 5.74) is 5.96. The van der Waals surface area contributed by atoms with E-state index >= 15 is 0 Å². The summed E-state index contributed by atoms with van der Waals surface area (Å²) in [6, 6.07) is 2.43. The van der Waals surface area contributed by atoms with Crippen molar-refractivity contribution >= 4 is 24.1 Å². The summed E-state index contributed by atoms with van der Waals surface area (Å²) < 4.78 is 1.96. The minimum atomic E-state index is 0. The van der Waals surface area contributed by atoms with Crippen LogP contribution >= 0.6 is 12.4 Å². The van der Waals surface area contributed by atoms with Crippen molar-refractivity contribution in [3.8, 4) is 0 Å². The number of anilines is 1. The first-order valence-electron chi connectivity index (χ1n) is 7.75. The zero-order chi connectivity index (χ0) is 14.1. The zero-order valence-corrected chi connectivity index (χ0v) is 13.3. The minimum Gasteiger partial charge on any atom is -0.328 e. The molecule has 1 aromatic rings. The summed E-state index contributed by atoms with van der Waals surface area (Å²) in [5, 5.41) is 7.42. The van der Waals surface area contributed by atoms with Crippen LogP contribution in [0, 0.1) is 11.8 Å². The highest BCUT2D eigenvalue weighted by atomic mass is 35.5. The molecule has 3 unspecified atom stereocenters. The molecule has 3 N–H and O–H groups in total. The standard InChI is InChI=1S/C15H24N4O.ClH/c1-10(11-5-6-11)19-14(7-8-17-19)18-15(20)12-3-2-4-13(16)9-12;/h7-8,10-13H,2-6,9,16H2,1H3,(H,18,20);1H. The minimum absolute atomic E-state index is 0. The van der Waals surface area contributed by atoms with E-state index in [1.165, 1.54) is 12.8 Å². The maximum atomic E-state index is 12.4. The number of hydrogen-bond acceptors (Lipinski definition) is 3. The van der Waals surface area contributed by atoms with Crippen LogP contribution in [-0.4, -0.2) is 21.7 Å². The van der Waals surface area contributed by atoms with Crippen molar-refractivity contribution in [3.63, 3.8) is 0 Å². The molecule has 2 saturated carbocycles. The molecule has 0 spiro atoms. The first-order chi connectivity index (χ1) is 9.65. The number of carbonyl (C=O) groups is 1. The number of aromatic nitrogens is 2. The zero-order valence-electron chi connectivity index (χ0n) is 12.5. The Balaban J connectivity index is 0.00000161. The number of rotatable bonds is 4. The Kier molecular flexibility index (Phi) is 5.27. The van der Waals surface area contributed by atoms with Crippen molar-refractivity contribution in [1.29, 1.82) is 0 Å². The number of carbonyl (C=O) groups excluding carboxylic acids is 1. The van der Waals surface area contributed by atoms with E-state index in [1.807, 2.05) is 10.7 Å². The Hall–Kier alpha value is -1.07. The van der Waals surface area contributed by atoms with Crippen LogP contribution in [0.15, 0.2) is 12.3 Å². The molecule has 0 aromatic carbocycles. The van der Waals surface area contributed by atoms with E-state index in [0.717, 1.165) is 31.5 Å². The Bertz CT molecular complexity index is 486. The Labute approximate surface area is 132 Å². The number of amides is 1. The third kappa shape index (κ3) is 3.77. The molecule has 0 aliphatic heterocycles. The summed E-state index contributed by atoms with van der Waals surface area (Å²) >= 11 is 0. The van der Waals surface area contributed by atoms with Crippen molar-refractivity contribution in [3.05, 3.63) is 12.3 Å². The van der Waals surface area contributed by atoms with Gasteiger partial charge in [0.25, 0.3) is 0 Å². The molecule has 0 bridgehead atoms. The molecular formula is C15H25ClN4O. The molecule has 1 aromatic heterocycles. The van der Waals surface area contributed by atoms with Crippen molar-refractivity contribution in [2.24, 2.45) is 17.6 Å². The predicted octanol–water partition coefficient (Wildman–Crippen LogP) is 2.73. The molecule has 2 aliphatic rings. The maximum absolute atomic E-state index is 12.4. The second kappa shape index (κ2) is 6.79. The van der Waals surface area contributed by atoms with E-state index < -0.39 is 0 Å². The number of nitrogens with two attached hydrogens (primary N) is 1. The average molecular weight is 313 g/mol. The van der Waals surface area contributed by atoms with Gasteiger partial charge in [-0.05, 0) is 44.9 Å². The monoisotopic (exact) mass is 312 g/mol. The summed E-state index contributed by atoms with van der Waals surface area (Å²) in [7, 11) is 0. The van der Waals surface area contributed by atoms with Gasteiger partial charge in [-0.2, -0.15) is 5.10 Å². The number of nitrogens with zero attached hydrogens (tertiary/aromatic N) is 2. The van der Waals surface area contributed by atoms with Crippen LogP contribution in [0.5, 0.6) is 0 Å². The van der Waals surface area contributed by atoms with Crippen molar-refractivity contribution < 1.29 is 4.79 Å².